The van der Waals surface area contributed by atoms with Gasteiger partial charge in [0.15, 0.2) is 0 Å². The fourth-order valence-electron chi connectivity index (χ4n) is 6.81. The summed E-state index contributed by atoms with van der Waals surface area (Å²) in [5.74, 6) is -3.74. The first kappa shape index (κ1) is 96.0. The van der Waals surface area contributed by atoms with Gasteiger partial charge in [0.25, 0.3) is 23.6 Å². The van der Waals surface area contributed by atoms with Gasteiger partial charge in [0.05, 0.1) is 31.2 Å². The Labute approximate surface area is 538 Å². The molecule has 0 saturated heterocycles. The summed E-state index contributed by atoms with van der Waals surface area (Å²) in [6.07, 6.45) is 11.5. The Morgan fingerprint density at radius 1 is 0.523 bits per heavy atom. The van der Waals surface area contributed by atoms with Crippen LogP contribution in [-0.4, -0.2) is 183 Å². The molecular formula is C58H111N11O15P2S2. The Morgan fingerprint density at radius 2 is 0.830 bits per heavy atom. The molecule has 88 heavy (non-hydrogen) atoms. The molecule has 0 bridgehead atoms. The second-order valence-corrected chi connectivity index (χ2v) is 25.7. The van der Waals surface area contributed by atoms with Crippen molar-refractivity contribution in [3.63, 3.8) is 0 Å². The van der Waals surface area contributed by atoms with E-state index in [1.165, 1.54) is 31.4 Å². The minimum absolute atomic E-state index is 0. The number of carbonyl (C=O) groups is 12. The third kappa shape index (κ3) is 53.4. The Morgan fingerprint density at radius 3 is 1.08 bits per heavy atom. The molecule has 26 nitrogen and oxygen atoms in total. The van der Waals surface area contributed by atoms with Crippen LogP contribution in [0, 0.1) is 0 Å². The van der Waals surface area contributed by atoms with Crippen LogP contribution in [0.3, 0.4) is 0 Å². The quantitative estimate of drug-likeness (QED) is 0.0148. The van der Waals surface area contributed by atoms with Crippen molar-refractivity contribution >= 4 is 109 Å². The number of likely N-dealkylation sites (N-methyl/N-ethyl adjacent to an activating group) is 3. The molecule has 510 valence electrons. The monoisotopic (exact) mass is 1330 g/mol. The van der Waals surface area contributed by atoms with Gasteiger partial charge in [0.1, 0.15) is 16.8 Å². The lowest BCUT2D eigenvalue weighted by Crippen LogP contribution is -2.45. The molecule has 2 aliphatic heterocycles. The number of unbranched alkanes of at least 4 members (excludes halogenated alkanes) is 3. The van der Waals surface area contributed by atoms with Crippen molar-refractivity contribution in [3.8, 4) is 0 Å². The van der Waals surface area contributed by atoms with Crippen LogP contribution in [-0.2, 0) is 95.4 Å². The third-order valence-corrected chi connectivity index (χ3v) is 13.4. The fraction of sp³-hybridized carbons (Fsp3) is 0.724. The van der Waals surface area contributed by atoms with Crippen LogP contribution in [0.4, 0.5) is 0 Å². The average Bonchev–Trinajstić information content (AvgIpc) is 3.91. The summed E-state index contributed by atoms with van der Waals surface area (Å²) in [5.41, 5.74) is 9.18. The number of nitrogens with two attached hydrogens (primary N) is 2. The number of ether oxygens (including phenoxy) is 3. The van der Waals surface area contributed by atoms with E-state index in [2.05, 4.69) is 60.8 Å². The van der Waals surface area contributed by atoms with E-state index in [0.29, 0.717) is 58.2 Å². The number of rotatable bonds is 32. The van der Waals surface area contributed by atoms with Crippen molar-refractivity contribution in [2.24, 2.45) is 11.5 Å². The number of nitrogens with zero attached hydrogens (tertiary/aromatic N) is 2. The molecule has 0 aromatic carbocycles. The standard InChI is InChI=1S/C20H32N4O6.C14H22N4O4.C13H27N3O3.C7H14O2.4CH4.P2S2/c1-20(2,3)30-18(28)13-23-14(19(29)21-4)7-5-6-11-22-15(25)10-12-24-16(26)8-9-17(24)27;1-16-10(14(15)22)4-2-3-8-17-11(19)7-9-18-12(20)5-6-13(18)21;1-13(2,3)19-11(17)9-16-10(12(18)15-4)7-5-6-8-14;1-5-6(8)9-7(2,3)4;;;;;3-1-2-4/h8-9,14,23H,5-7,10-13H2,1-4H3,(H,21,29)(H,22,25);5-6,10,16H,2-4,7-9H2,1H3,(H2,15,22)(H,17,19);10,16H,5-9,14H2,1-4H3,(H,15,18);5H2,1-4H3;4*1H4;. The first-order valence-electron chi connectivity index (χ1n) is 27.6. The molecule has 0 fully saturated rings. The summed E-state index contributed by atoms with van der Waals surface area (Å²) in [4.78, 5) is 140. The average molecular weight is 1330 g/mol. The number of carbonyl (C=O) groups excluding carboxylic acids is 12. The van der Waals surface area contributed by atoms with Gasteiger partial charge in [-0.25, -0.2) is 0 Å². The van der Waals surface area contributed by atoms with Crippen molar-refractivity contribution in [1.29, 1.82) is 0 Å². The van der Waals surface area contributed by atoms with Crippen molar-refractivity contribution in [1.82, 2.24) is 47.0 Å². The van der Waals surface area contributed by atoms with Gasteiger partial charge >= 0.3 is 17.9 Å². The zero-order chi connectivity index (χ0) is 65.1. The van der Waals surface area contributed by atoms with E-state index in [1.807, 2.05) is 41.5 Å². The molecule has 2 rings (SSSR count). The number of hydrogen-bond acceptors (Lipinski definition) is 21. The maximum atomic E-state index is 12.0. The second-order valence-electron chi connectivity index (χ2n) is 21.4. The van der Waals surface area contributed by atoms with Gasteiger partial charge in [-0.1, -0.05) is 43.1 Å². The highest BCUT2D eigenvalue weighted by atomic mass is 32.7. The Kier molecular flexibility index (Phi) is 59.3. The minimum atomic E-state index is -0.592. The third-order valence-electron chi connectivity index (χ3n) is 10.7. The van der Waals surface area contributed by atoms with Crippen LogP contribution in [0.2, 0.25) is 0 Å². The van der Waals surface area contributed by atoms with Crippen molar-refractivity contribution in [2.75, 3.05) is 67.0 Å². The second kappa shape index (κ2) is 54.3. The van der Waals surface area contributed by atoms with Gasteiger partial charge < -0.3 is 52.3 Å². The largest absolute Gasteiger partial charge is 0.460 e. The van der Waals surface area contributed by atoms with E-state index in [9.17, 15) is 57.5 Å². The maximum absolute atomic E-state index is 12.0. The lowest BCUT2D eigenvalue weighted by molar-refractivity contribution is -0.155. The summed E-state index contributed by atoms with van der Waals surface area (Å²) < 4.78 is 15.3. The van der Waals surface area contributed by atoms with Gasteiger partial charge in [-0.3, -0.25) is 78.0 Å². The van der Waals surface area contributed by atoms with Gasteiger partial charge in [0.2, 0.25) is 29.5 Å². The van der Waals surface area contributed by atoms with Crippen LogP contribution < -0.4 is 48.7 Å². The number of imide groups is 2. The van der Waals surface area contributed by atoms with Gasteiger partial charge in [-0.2, -0.15) is 0 Å². The Hall–Kier alpha value is -5.60. The molecule has 0 aromatic heterocycles. The zero-order valence-corrected chi connectivity index (χ0v) is 54.8. The van der Waals surface area contributed by atoms with E-state index in [4.69, 9.17) is 25.7 Å². The number of esters is 3. The molecule has 2 aliphatic rings. The van der Waals surface area contributed by atoms with Crippen molar-refractivity contribution in [3.05, 3.63) is 24.3 Å². The van der Waals surface area contributed by atoms with Gasteiger partial charge in [-0.15, -0.1) is 0 Å². The van der Waals surface area contributed by atoms with E-state index in [1.54, 1.807) is 41.8 Å². The summed E-state index contributed by atoms with van der Waals surface area (Å²) in [5, 5.41) is 19.2. The van der Waals surface area contributed by atoms with E-state index >= 15 is 0 Å². The van der Waals surface area contributed by atoms with Crippen LogP contribution >= 0.6 is 14.1 Å². The van der Waals surface area contributed by atoms with Gasteiger partial charge in [0, 0.05) is 97.9 Å². The smallest absolute Gasteiger partial charge is 0.320 e. The van der Waals surface area contributed by atoms with E-state index in [-0.39, 0.29) is 140 Å². The zero-order valence-electron chi connectivity index (χ0n) is 51.4. The molecule has 3 unspecified atom stereocenters. The molecule has 30 heteroatoms. The summed E-state index contributed by atoms with van der Waals surface area (Å²) in [6, 6.07) is -1.28. The molecular weight excluding hydrogens is 1220 g/mol. The molecule has 0 radical (unpaired) electrons. The highest BCUT2D eigenvalue weighted by Gasteiger charge is 2.26. The first-order chi connectivity index (χ1) is 39.1. The van der Waals surface area contributed by atoms with Crippen LogP contribution in [0.5, 0.6) is 0 Å². The van der Waals surface area contributed by atoms with Gasteiger partial charge in [-0.05, 0) is 151 Å². The molecule has 3 atom stereocenters. The number of amides is 9. The van der Waals surface area contributed by atoms with E-state index in [0.717, 1.165) is 49.6 Å². The van der Waals surface area contributed by atoms with Crippen molar-refractivity contribution < 1.29 is 71.7 Å². The molecule has 11 N–H and O–H groups in total. The highest BCUT2D eigenvalue weighted by molar-refractivity contribution is 8.40. The molecule has 0 spiro atoms. The minimum Gasteiger partial charge on any atom is -0.460 e. The predicted molar refractivity (Wildman–Crippen MR) is 355 cm³/mol. The fourth-order valence-corrected chi connectivity index (χ4v) is 6.81. The lowest BCUT2D eigenvalue weighted by atomic mass is 10.1. The number of hydrogen-bond donors (Lipinski definition) is 9. The molecule has 0 aliphatic carbocycles. The number of nitrogens with one attached hydrogen (secondary N) is 7. The lowest BCUT2D eigenvalue weighted by Gasteiger charge is -2.21. The summed E-state index contributed by atoms with van der Waals surface area (Å²) >= 11 is 8.82. The highest BCUT2D eigenvalue weighted by Crippen LogP contribution is 2.12. The SMILES string of the molecule is C.C.C.C.CCC(=O)OC(C)(C)C.CNC(=O)C(CCCCN)NCC(=O)OC(C)(C)C.CNC(=O)C(CCCCNC(=O)CCN1C(=O)C=CC1=O)NCC(=O)OC(C)(C)C.CNC(CCCCNC(=O)CCN1C(=O)C=CC1=O)C(N)=O.S=PP=S. The normalized spacial score (nSPS) is 13.1. The van der Waals surface area contributed by atoms with Crippen LogP contribution in [0.1, 0.15) is 176 Å². The van der Waals surface area contributed by atoms with Crippen LogP contribution in [0.15, 0.2) is 24.3 Å². The maximum Gasteiger partial charge on any atom is 0.320 e. The van der Waals surface area contributed by atoms with Crippen LogP contribution in [0.25, 0.3) is 0 Å². The molecule has 0 aromatic rings. The summed E-state index contributed by atoms with van der Waals surface area (Å²) in [6.45, 7) is 19.7. The molecule has 0 saturated carbocycles. The predicted octanol–water partition coefficient (Wildman–Crippen LogP) is 4.46. The summed E-state index contributed by atoms with van der Waals surface area (Å²) in [7, 11) is 6.51. The number of primary amides is 1. The molecule has 2 heterocycles. The molecule has 9 amide bonds. The van der Waals surface area contributed by atoms with Crippen molar-refractivity contribution in [2.45, 2.75) is 211 Å². The Bertz CT molecular complexity index is 2170. The Balaban J connectivity index is -0.000000202. The first-order valence-corrected chi connectivity index (χ1v) is 32.2. The topological polar surface area (TPSA) is 375 Å². The van der Waals surface area contributed by atoms with E-state index < -0.39 is 35.0 Å².